The van der Waals surface area contributed by atoms with Crippen LogP contribution in [-0.2, 0) is 0 Å². The maximum Gasteiger partial charge on any atom is 0.143 e. The van der Waals surface area contributed by atoms with Crippen LogP contribution >= 0.6 is 11.3 Å². The van der Waals surface area contributed by atoms with Gasteiger partial charge in [0.05, 0.1) is 5.69 Å². The molecule has 0 saturated heterocycles. The maximum atomic E-state index is 6.90. The summed E-state index contributed by atoms with van der Waals surface area (Å²) in [7, 11) is 0. The number of anilines is 3. The zero-order valence-electron chi connectivity index (χ0n) is 32.0. The van der Waals surface area contributed by atoms with Crippen LogP contribution in [0.1, 0.15) is 0 Å². The number of thiophene rings is 1. The number of furan rings is 1. The zero-order chi connectivity index (χ0) is 38.9. The van der Waals surface area contributed by atoms with Gasteiger partial charge >= 0.3 is 0 Å². The van der Waals surface area contributed by atoms with E-state index in [9.17, 15) is 0 Å². The predicted octanol–water partition coefficient (Wildman–Crippen LogP) is 16.7. The molecule has 0 N–H and O–H groups in total. The second kappa shape index (κ2) is 13.6. The molecule has 2 nitrogen and oxygen atoms in total. The van der Waals surface area contributed by atoms with Gasteiger partial charge in [0, 0.05) is 58.8 Å². The number of hydrogen-bond donors (Lipinski definition) is 0. The Kier molecular flexibility index (Phi) is 7.75. The molecule has 0 aliphatic heterocycles. The summed E-state index contributed by atoms with van der Waals surface area (Å²) in [5, 5.41) is 9.65. The van der Waals surface area contributed by atoms with Gasteiger partial charge in [0.25, 0.3) is 0 Å². The molecule has 12 aromatic rings. The topological polar surface area (TPSA) is 16.4 Å². The van der Waals surface area contributed by atoms with Crippen molar-refractivity contribution in [3.8, 4) is 33.4 Å². The largest absolute Gasteiger partial charge is 0.455 e. The molecule has 0 atom stereocenters. The van der Waals surface area contributed by atoms with Crippen LogP contribution in [0.3, 0.4) is 0 Å². The monoisotopic (exact) mass is 769 g/mol. The van der Waals surface area contributed by atoms with Crippen LogP contribution in [-0.4, -0.2) is 0 Å². The molecule has 2 aromatic heterocycles. The van der Waals surface area contributed by atoms with Crippen molar-refractivity contribution < 1.29 is 4.42 Å². The van der Waals surface area contributed by atoms with Crippen molar-refractivity contribution in [1.82, 2.24) is 0 Å². The van der Waals surface area contributed by atoms with E-state index in [2.05, 4.69) is 217 Å². The van der Waals surface area contributed by atoms with E-state index in [0.717, 1.165) is 55.5 Å². The summed E-state index contributed by atoms with van der Waals surface area (Å²) < 4.78 is 9.53. The first kappa shape index (κ1) is 33.7. The Morgan fingerprint density at radius 1 is 0.322 bits per heavy atom. The lowest BCUT2D eigenvalue weighted by atomic mass is 9.97. The molecule has 0 fully saturated rings. The first-order chi connectivity index (χ1) is 29.3. The van der Waals surface area contributed by atoms with Gasteiger partial charge in [0.1, 0.15) is 11.2 Å². The molecule has 0 radical (unpaired) electrons. The third-order valence-electron chi connectivity index (χ3n) is 11.9. The van der Waals surface area contributed by atoms with Crippen LogP contribution in [0, 0.1) is 0 Å². The Morgan fingerprint density at radius 3 is 1.64 bits per heavy atom. The van der Waals surface area contributed by atoms with Gasteiger partial charge in [0.15, 0.2) is 0 Å². The number of para-hydroxylation sites is 2. The third-order valence-corrected chi connectivity index (χ3v) is 13.1. The Balaban J connectivity index is 1.03. The molecule has 59 heavy (non-hydrogen) atoms. The van der Waals surface area contributed by atoms with Crippen LogP contribution in [0.2, 0.25) is 0 Å². The minimum Gasteiger partial charge on any atom is -0.455 e. The molecule has 0 aliphatic carbocycles. The van der Waals surface area contributed by atoms with E-state index >= 15 is 0 Å². The van der Waals surface area contributed by atoms with Crippen molar-refractivity contribution in [2.24, 2.45) is 0 Å². The quantitative estimate of drug-likeness (QED) is 0.167. The highest BCUT2D eigenvalue weighted by molar-refractivity contribution is 7.26. The highest BCUT2D eigenvalue weighted by atomic mass is 32.1. The number of benzene rings is 10. The van der Waals surface area contributed by atoms with E-state index in [0.29, 0.717) is 0 Å². The highest BCUT2D eigenvalue weighted by Crippen LogP contribution is 2.46. The number of nitrogens with zero attached hydrogens (tertiary/aromatic N) is 1. The molecular formula is C56H35NOS. The molecule has 2 heterocycles. The zero-order valence-corrected chi connectivity index (χ0v) is 32.8. The molecule has 10 aromatic carbocycles. The lowest BCUT2D eigenvalue weighted by molar-refractivity contribution is 0.674. The molecule has 3 heteroatoms. The maximum absolute atomic E-state index is 6.90. The summed E-state index contributed by atoms with van der Waals surface area (Å²) in [6.45, 7) is 0. The van der Waals surface area contributed by atoms with Gasteiger partial charge < -0.3 is 9.32 Å². The Morgan fingerprint density at radius 2 is 0.847 bits per heavy atom. The summed E-state index contributed by atoms with van der Waals surface area (Å²) in [6, 6.07) is 76.8. The minimum atomic E-state index is 0.893. The van der Waals surface area contributed by atoms with E-state index in [-0.39, 0.29) is 0 Å². The molecular weight excluding hydrogens is 735 g/mol. The first-order valence-corrected chi connectivity index (χ1v) is 20.9. The van der Waals surface area contributed by atoms with Crippen molar-refractivity contribution in [1.29, 1.82) is 0 Å². The van der Waals surface area contributed by atoms with Crippen molar-refractivity contribution in [2.75, 3.05) is 4.90 Å². The van der Waals surface area contributed by atoms with E-state index in [1.807, 2.05) is 11.3 Å². The summed E-state index contributed by atoms with van der Waals surface area (Å²) >= 11 is 1.87. The van der Waals surface area contributed by atoms with Gasteiger partial charge in [-0.25, -0.2) is 0 Å². The van der Waals surface area contributed by atoms with Crippen molar-refractivity contribution >= 4 is 92.1 Å². The molecule has 0 spiro atoms. The Bertz CT molecular complexity index is 3550. The molecule has 12 rings (SSSR count). The van der Waals surface area contributed by atoms with Gasteiger partial charge in [-0.3, -0.25) is 0 Å². The van der Waals surface area contributed by atoms with Crippen molar-refractivity contribution in [2.45, 2.75) is 0 Å². The molecule has 0 saturated carbocycles. The smallest absolute Gasteiger partial charge is 0.143 e. The number of fused-ring (bicyclic) bond motifs is 9. The van der Waals surface area contributed by atoms with Crippen LogP contribution in [0.5, 0.6) is 0 Å². The Labute approximate surface area is 345 Å². The fraction of sp³-hybridized carbons (Fsp3) is 0. The van der Waals surface area contributed by atoms with Crippen molar-refractivity contribution in [3.05, 3.63) is 212 Å². The average Bonchev–Trinajstić information content (AvgIpc) is 3.89. The van der Waals surface area contributed by atoms with Gasteiger partial charge in [-0.2, -0.15) is 0 Å². The first-order valence-electron chi connectivity index (χ1n) is 20.1. The fourth-order valence-corrected chi connectivity index (χ4v) is 10.3. The molecule has 0 bridgehead atoms. The number of rotatable bonds is 6. The molecule has 0 aliphatic rings. The van der Waals surface area contributed by atoms with Gasteiger partial charge in [0.2, 0.25) is 0 Å². The third kappa shape index (κ3) is 5.47. The van der Waals surface area contributed by atoms with Crippen LogP contribution in [0.15, 0.2) is 217 Å². The van der Waals surface area contributed by atoms with E-state index in [1.165, 1.54) is 58.6 Å². The van der Waals surface area contributed by atoms with Crippen LogP contribution in [0.4, 0.5) is 17.1 Å². The second-order valence-electron chi connectivity index (χ2n) is 15.2. The molecule has 0 unspecified atom stereocenters. The van der Waals surface area contributed by atoms with Gasteiger partial charge in [-0.15, -0.1) is 11.3 Å². The summed E-state index contributed by atoms with van der Waals surface area (Å²) in [6.07, 6.45) is 0. The average molecular weight is 770 g/mol. The van der Waals surface area contributed by atoms with Crippen LogP contribution in [0.25, 0.3) is 97.0 Å². The highest BCUT2D eigenvalue weighted by Gasteiger charge is 2.21. The number of hydrogen-bond acceptors (Lipinski definition) is 3. The van der Waals surface area contributed by atoms with Gasteiger partial charge in [-0.1, -0.05) is 170 Å². The molecule has 276 valence electrons. The summed E-state index contributed by atoms with van der Waals surface area (Å²) in [4.78, 5) is 2.39. The summed E-state index contributed by atoms with van der Waals surface area (Å²) in [5.74, 6) is 0. The lowest BCUT2D eigenvalue weighted by Crippen LogP contribution is -2.11. The molecule has 0 amide bonds. The predicted molar refractivity (Wildman–Crippen MR) is 253 cm³/mol. The second-order valence-corrected chi connectivity index (χ2v) is 16.3. The Hall–Kier alpha value is -7.46. The SMILES string of the molecule is c1ccc(N(c2ccc(-c3cccc4ccccc34)cc2)c2ccc(-c3cccc4c3sc3ccccc34)cc2)c(-c2cccc3c2oc2c4ccccc4ccc32)c1. The van der Waals surface area contributed by atoms with Crippen molar-refractivity contribution in [3.63, 3.8) is 0 Å². The van der Waals surface area contributed by atoms with E-state index < -0.39 is 0 Å². The normalized spacial score (nSPS) is 11.7. The minimum absolute atomic E-state index is 0.893. The van der Waals surface area contributed by atoms with E-state index in [1.54, 1.807) is 0 Å². The lowest BCUT2D eigenvalue weighted by Gasteiger charge is -2.28. The van der Waals surface area contributed by atoms with E-state index in [4.69, 9.17) is 4.42 Å². The van der Waals surface area contributed by atoms with Gasteiger partial charge in [-0.05, 0) is 80.9 Å². The summed E-state index contributed by atoms with van der Waals surface area (Å²) in [5.41, 5.74) is 12.1. The standard InChI is InChI=1S/C56H35NOS/c1-3-15-42-36(12-1)14-9-19-43(42)38-26-31-40(32-27-38)57(41-33-28-39(29-34-41)45-20-10-23-51-47-18-6-8-25-53(47)59-56(45)51)52-24-7-5-17-46(52)48-21-11-22-49-50-35-30-37-13-2-4-16-44(37)54(50)58-55(48)49/h1-35H. The fourth-order valence-electron chi connectivity index (χ4n) is 9.09. The van der Waals surface area contributed by atoms with Crippen LogP contribution < -0.4 is 4.90 Å².